The average molecular weight is 275 g/mol. The first-order valence-corrected chi connectivity index (χ1v) is 9.14. The van der Waals surface area contributed by atoms with E-state index >= 15 is 0 Å². The number of rotatable bonds is 6. The van der Waals surface area contributed by atoms with Gasteiger partial charge in [-0.2, -0.15) is 5.26 Å². The van der Waals surface area contributed by atoms with Gasteiger partial charge >= 0.3 is 0 Å². The molecule has 1 nitrogen and oxygen atoms in total. The maximum absolute atomic E-state index is 9.68. The summed E-state index contributed by atoms with van der Waals surface area (Å²) in [5, 5.41) is 9.68. The zero-order valence-corrected chi connectivity index (χ0v) is 13.7. The first-order chi connectivity index (χ1) is 9.73. The summed E-state index contributed by atoms with van der Waals surface area (Å²) < 4.78 is 0. The number of nitrogens with zero attached hydrogens (tertiary/aromatic N) is 1. The van der Waals surface area contributed by atoms with Crippen molar-refractivity contribution in [3.63, 3.8) is 0 Å². The average Bonchev–Trinajstić information content (AvgIpc) is 2.50. The van der Waals surface area contributed by atoms with Gasteiger partial charge in [0, 0.05) is 0 Å². The second kappa shape index (κ2) is 7.48. The van der Waals surface area contributed by atoms with E-state index in [2.05, 4.69) is 19.9 Å². The summed E-state index contributed by atoms with van der Waals surface area (Å²) >= 11 is 0. The number of hydrogen-bond acceptors (Lipinski definition) is 1. The fraction of sp³-hybridized carbons (Fsp3) is 0.947. The molecule has 0 saturated heterocycles. The van der Waals surface area contributed by atoms with Crippen LogP contribution in [0, 0.1) is 34.5 Å². The highest BCUT2D eigenvalue weighted by atomic mass is 14.5. The molecule has 0 spiro atoms. The second-order valence-electron chi connectivity index (χ2n) is 7.58. The Morgan fingerprint density at radius 3 is 2.55 bits per heavy atom. The SMILES string of the molecule is CCCC[C@H]1CCC2C[C@](C#N)(CCCC)CC[C@@H]2C1. The third kappa shape index (κ3) is 3.78. The second-order valence-corrected chi connectivity index (χ2v) is 7.58. The molecule has 1 heteroatoms. The molecular formula is C19H33N. The zero-order chi connectivity index (χ0) is 14.4. The Morgan fingerprint density at radius 1 is 1.05 bits per heavy atom. The maximum atomic E-state index is 9.68. The standard InChI is InChI=1S/C19H33N/c1-3-5-7-16-8-9-18-14-19(15-20,11-6-4-2)12-10-17(18)13-16/h16-18H,3-14H2,1-2H3/t16-,17+,18?,19-/m0/s1. The monoisotopic (exact) mass is 275 g/mol. The van der Waals surface area contributed by atoms with Gasteiger partial charge in [-0.3, -0.25) is 0 Å². The minimum atomic E-state index is 0.0490. The topological polar surface area (TPSA) is 23.8 Å². The van der Waals surface area contributed by atoms with Crippen molar-refractivity contribution in [1.29, 1.82) is 5.26 Å². The van der Waals surface area contributed by atoms with E-state index in [4.69, 9.17) is 0 Å². The van der Waals surface area contributed by atoms with Crippen LogP contribution in [-0.4, -0.2) is 0 Å². The van der Waals surface area contributed by atoms with Crippen molar-refractivity contribution in [2.24, 2.45) is 23.2 Å². The first-order valence-electron chi connectivity index (χ1n) is 9.14. The summed E-state index contributed by atoms with van der Waals surface area (Å²) in [5.41, 5.74) is 0.0490. The van der Waals surface area contributed by atoms with E-state index in [9.17, 15) is 5.26 Å². The smallest absolute Gasteiger partial charge is 0.0689 e. The van der Waals surface area contributed by atoms with Gasteiger partial charge < -0.3 is 0 Å². The minimum absolute atomic E-state index is 0.0490. The van der Waals surface area contributed by atoms with Crippen molar-refractivity contribution in [2.45, 2.75) is 90.9 Å². The zero-order valence-electron chi connectivity index (χ0n) is 13.7. The molecule has 0 aromatic heterocycles. The molecule has 114 valence electrons. The Morgan fingerprint density at radius 2 is 1.85 bits per heavy atom. The molecule has 0 bridgehead atoms. The minimum Gasteiger partial charge on any atom is -0.198 e. The van der Waals surface area contributed by atoms with Crippen LogP contribution in [0.3, 0.4) is 0 Å². The Bertz CT molecular complexity index is 329. The van der Waals surface area contributed by atoms with Crippen LogP contribution in [0.5, 0.6) is 0 Å². The predicted octanol–water partition coefficient (Wildman–Crippen LogP) is 6.09. The molecule has 0 N–H and O–H groups in total. The van der Waals surface area contributed by atoms with Crippen molar-refractivity contribution in [2.75, 3.05) is 0 Å². The van der Waals surface area contributed by atoms with Gasteiger partial charge in [0.2, 0.25) is 0 Å². The fourth-order valence-corrected chi connectivity index (χ4v) is 4.77. The molecule has 0 radical (unpaired) electrons. The van der Waals surface area contributed by atoms with Crippen molar-refractivity contribution in [1.82, 2.24) is 0 Å². The lowest BCUT2D eigenvalue weighted by Crippen LogP contribution is -2.36. The van der Waals surface area contributed by atoms with E-state index in [1.54, 1.807) is 0 Å². The third-order valence-corrected chi connectivity index (χ3v) is 6.11. The summed E-state index contributed by atoms with van der Waals surface area (Å²) in [5.74, 6) is 2.83. The quantitative estimate of drug-likeness (QED) is 0.575. The highest BCUT2D eigenvalue weighted by Gasteiger charge is 2.42. The Balaban J connectivity index is 1.88. The summed E-state index contributed by atoms with van der Waals surface area (Å²) in [6.45, 7) is 4.55. The molecule has 2 fully saturated rings. The van der Waals surface area contributed by atoms with Gasteiger partial charge in [-0.25, -0.2) is 0 Å². The van der Waals surface area contributed by atoms with Gasteiger partial charge in [0.1, 0.15) is 0 Å². The van der Waals surface area contributed by atoms with Crippen molar-refractivity contribution < 1.29 is 0 Å². The van der Waals surface area contributed by atoms with Gasteiger partial charge in [0.15, 0.2) is 0 Å². The fourth-order valence-electron chi connectivity index (χ4n) is 4.77. The molecule has 0 amide bonds. The molecule has 2 rings (SSSR count). The molecular weight excluding hydrogens is 242 g/mol. The van der Waals surface area contributed by atoms with Crippen molar-refractivity contribution in [3.8, 4) is 6.07 Å². The molecule has 1 unspecified atom stereocenters. The largest absolute Gasteiger partial charge is 0.198 e. The van der Waals surface area contributed by atoms with E-state index in [1.165, 1.54) is 70.6 Å². The molecule has 2 saturated carbocycles. The van der Waals surface area contributed by atoms with Crippen LogP contribution in [0.15, 0.2) is 0 Å². The van der Waals surface area contributed by atoms with E-state index in [1.807, 2.05) is 0 Å². The van der Waals surface area contributed by atoms with Crippen LogP contribution in [-0.2, 0) is 0 Å². The number of nitriles is 1. The van der Waals surface area contributed by atoms with Crippen molar-refractivity contribution >= 4 is 0 Å². The molecule has 0 heterocycles. The van der Waals surface area contributed by atoms with E-state index in [0.717, 1.165) is 24.2 Å². The number of fused-ring (bicyclic) bond motifs is 1. The van der Waals surface area contributed by atoms with Gasteiger partial charge in [-0.15, -0.1) is 0 Å². The molecule has 0 aliphatic heterocycles. The summed E-state index contributed by atoms with van der Waals surface area (Å²) in [6.07, 6.45) is 15.9. The number of unbranched alkanes of at least 4 members (excludes halogenated alkanes) is 2. The Kier molecular flexibility index (Phi) is 5.94. The maximum Gasteiger partial charge on any atom is 0.0689 e. The predicted molar refractivity (Wildman–Crippen MR) is 85.3 cm³/mol. The van der Waals surface area contributed by atoms with Gasteiger partial charge in [-0.1, -0.05) is 52.4 Å². The van der Waals surface area contributed by atoms with Crippen LogP contribution >= 0.6 is 0 Å². The summed E-state index contributed by atoms with van der Waals surface area (Å²) in [7, 11) is 0. The number of hydrogen-bond donors (Lipinski definition) is 0. The summed E-state index contributed by atoms with van der Waals surface area (Å²) in [6, 6.07) is 2.73. The van der Waals surface area contributed by atoms with Crippen LogP contribution in [0.1, 0.15) is 90.9 Å². The van der Waals surface area contributed by atoms with Crippen LogP contribution in [0.25, 0.3) is 0 Å². The van der Waals surface area contributed by atoms with Gasteiger partial charge in [0.25, 0.3) is 0 Å². The molecule has 20 heavy (non-hydrogen) atoms. The Labute approximate surface area is 126 Å². The molecule has 4 atom stereocenters. The van der Waals surface area contributed by atoms with Crippen LogP contribution < -0.4 is 0 Å². The van der Waals surface area contributed by atoms with Crippen LogP contribution in [0.2, 0.25) is 0 Å². The lowest BCUT2D eigenvalue weighted by atomic mass is 9.58. The molecule has 0 aromatic carbocycles. The lowest BCUT2D eigenvalue weighted by molar-refractivity contribution is 0.0619. The highest BCUT2D eigenvalue weighted by molar-refractivity contribution is 5.04. The van der Waals surface area contributed by atoms with Gasteiger partial charge in [-0.05, 0) is 56.3 Å². The lowest BCUT2D eigenvalue weighted by Gasteiger charge is -2.45. The normalized spacial score (nSPS) is 37.1. The third-order valence-electron chi connectivity index (χ3n) is 6.11. The van der Waals surface area contributed by atoms with Crippen LogP contribution in [0.4, 0.5) is 0 Å². The molecule has 2 aliphatic carbocycles. The Hall–Kier alpha value is -0.510. The van der Waals surface area contributed by atoms with Gasteiger partial charge in [0.05, 0.1) is 11.5 Å². The van der Waals surface area contributed by atoms with E-state index in [-0.39, 0.29) is 5.41 Å². The van der Waals surface area contributed by atoms with Crippen molar-refractivity contribution in [3.05, 3.63) is 0 Å². The molecule has 0 aromatic rings. The summed E-state index contributed by atoms with van der Waals surface area (Å²) in [4.78, 5) is 0. The highest BCUT2D eigenvalue weighted by Crippen LogP contribution is 2.51. The first kappa shape index (κ1) is 15.9. The molecule has 2 aliphatic rings. The van der Waals surface area contributed by atoms with E-state index < -0.39 is 0 Å². The van der Waals surface area contributed by atoms with E-state index in [0.29, 0.717) is 0 Å².